The summed E-state index contributed by atoms with van der Waals surface area (Å²) in [6.45, 7) is 5.38. The molecule has 0 bridgehead atoms. The molecule has 1 aromatic carbocycles. The molecule has 4 nitrogen and oxygen atoms in total. The number of nitrogen functional groups attached to an aromatic ring is 1. The molecule has 0 spiro atoms. The SMILES string of the molecule is COCCC(C)(C)CNC(=O)c1cc(Cl)ccc1N. The van der Waals surface area contributed by atoms with E-state index in [-0.39, 0.29) is 11.3 Å². The number of hydrogen-bond acceptors (Lipinski definition) is 3. The van der Waals surface area contributed by atoms with E-state index in [0.717, 1.165) is 6.42 Å². The van der Waals surface area contributed by atoms with Gasteiger partial charge in [-0.1, -0.05) is 25.4 Å². The summed E-state index contributed by atoms with van der Waals surface area (Å²) in [5, 5.41) is 3.38. The van der Waals surface area contributed by atoms with Crippen molar-refractivity contribution in [2.45, 2.75) is 20.3 Å². The summed E-state index contributed by atoms with van der Waals surface area (Å²) in [4.78, 5) is 12.1. The minimum atomic E-state index is -0.203. The predicted octanol–water partition coefficient (Wildman–Crippen LogP) is 2.71. The van der Waals surface area contributed by atoms with Crippen LogP contribution in [-0.4, -0.2) is 26.2 Å². The maximum atomic E-state index is 12.1. The molecular weight excluding hydrogens is 264 g/mol. The van der Waals surface area contributed by atoms with E-state index in [4.69, 9.17) is 22.1 Å². The fraction of sp³-hybridized carbons (Fsp3) is 0.500. The van der Waals surface area contributed by atoms with Crippen LogP contribution in [0.15, 0.2) is 18.2 Å². The second-order valence-corrected chi connectivity index (χ2v) is 5.76. The smallest absolute Gasteiger partial charge is 0.253 e. The number of anilines is 1. The lowest BCUT2D eigenvalue weighted by Crippen LogP contribution is -2.35. The fourth-order valence-electron chi connectivity index (χ4n) is 1.61. The first kappa shape index (κ1) is 15.8. The van der Waals surface area contributed by atoms with Crippen molar-refractivity contribution < 1.29 is 9.53 Å². The van der Waals surface area contributed by atoms with Crippen molar-refractivity contribution >= 4 is 23.2 Å². The van der Waals surface area contributed by atoms with Gasteiger partial charge in [-0.2, -0.15) is 0 Å². The number of carbonyl (C=O) groups excluding carboxylic acids is 1. The molecule has 19 heavy (non-hydrogen) atoms. The molecule has 3 N–H and O–H groups in total. The van der Waals surface area contributed by atoms with Crippen LogP contribution in [-0.2, 0) is 4.74 Å². The molecule has 0 saturated heterocycles. The Kier molecular flexibility index (Phi) is 5.63. The average molecular weight is 285 g/mol. The number of rotatable bonds is 6. The summed E-state index contributed by atoms with van der Waals surface area (Å²) in [6.07, 6.45) is 0.870. The Hall–Kier alpha value is -1.26. The Balaban J connectivity index is 2.62. The minimum Gasteiger partial charge on any atom is -0.398 e. The van der Waals surface area contributed by atoms with Gasteiger partial charge in [0.1, 0.15) is 0 Å². The molecule has 5 heteroatoms. The standard InChI is InChI=1S/C14H21ClN2O2/c1-14(2,6-7-19-3)9-17-13(18)11-8-10(15)4-5-12(11)16/h4-5,8H,6-7,9,16H2,1-3H3,(H,17,18). The summed E-state index contributed by atoms with van der Waals surface area (Å²) in [6, 6.07) is 4.87. The number of halogens is 1. The van der Waals surface area contributed by atoms with Crippen molar-refractivity contribution in [1.29, 1.82) is 0 Å². The first-order chi connectivity index (χ1) is 8.85. The van der Waals surface area contributed by atoms with E-state index in [1.165, 1.54) is 0 Å². The van der Waals surface area contributed by atoms with Crippen LogP contribution in [0.2, 0.25) is 5.02 Å². The van der Waals surface area contributed by atoms with Gasteiger partial charge < -0.3 is 15.8 Å². The lowest BCUT2D eigenvalue weighted by atomic mass is 9.89. The topological polar surface area (TPSA) is 64.3 Å². The molecule has 0 aliphatic rings. The van der Waals surface area contributed by atoms with Gasteiger partial charge >= 0.3 is 0 Å². The van der Waals surface area contributed by atoms with Crippen molar-refractivity contribution in [1.82, 2.24) is 5.32 Å². The monoisotopic (exact) mass is 284 g/mol. The van der Waals surface area contributed by atoms with Crippen LogP contribution in [0.4, 0.5) is 5.69 Å². The number of amides is 1. The molecule has 0 radical (unpaired) electrons. The van der Waals surface area contributed by atoms with Gasteiger partial charge in [-0.25, -0.2) is 0 Å². The zero-order chi connectivity index (χ0) is 14.5. The second kappa shape index (κ2) is 6.78. The molecule has 0 saturated carbocycles. The minimum absolute atomic E-state index is 0.0288. The predicted molar refractivity (Wildman–Crippen MR) is 78.5 cm³/mol. The van der Waals surface area contributed by atoms with Gasteiger partial charge in [-0.3, -0.25) is 4.79 Å². The van der Waals surface area contributed by atoms with E-state index in [1.807, 2.05) is 0 Å². The molecular formula is C14H21ClN2O2. The highest BCUT2D eigenvalue weighted by atomic mass is 35.5. The molecule has 0 fully saturated rings. The maximum absolute atomic E-state index is 12.1. The highest BCUT2D eigenvalue weighted by Crippen LogP contribution is 2.21. The molecule has 0 heterocycles. The van der Waals surface area contributed by atoms with Gasteiger partial charge in [0.05, 0.1) is 5.56 Å². The van der Waals surface area contributed by atoms with Crippen LogP contribution in [0.1, 0.15) is 30.6 Å². The molecule has 0 aromatic heterocycles. The van der Waals surface area contributed by atoms with E-state index in [2.05, 4.69) is 19.2 Å². The molecule has 106 valence electrons. The number of ether oxygens (including phenoxy) is 1. The third kappa shape index (κ3) is 5.09. The fourth-order valence-corrected chi connectivity index (χ4v) is 1.78. The first-order valence-corrected chi connectivity index (χ1v) is 6.56. The van der Waals surface area contributed by atoms with Gasteiger partial charge in [0, 0.05) is 31.0 Å². The summed E-state index contributed by atoms with van der Waals surface area (Å²) < 4.78 is 5.05. The molecule has 1 aromatic rings. The van der Waals surface area contributed by atoms with Crippen LogP contribution >= 0.6 is 11.6 Å². The molecule has 0 aliphatic heterocycles. The Morgan fingerprint density at radius 3 is 2.79 bits per heavy atom. The van der Waals surface area contributed by atoms with Crippen LogP contribution in [0.3, 0.4) is 0 Å². The van der Waals surface area contributed by atoms with Crippen molar-refractivity contribution in [2.75, 3.05) is 26.0 Å². The second-order valence-electron chi connectivity index (χ2n) is 5.32. The largest absolute Gasteiger partial charge is 0.398 e. The number of carbonyl (C=O) groups is 1. The van der Waals surface area contributed by atoms with Gasteiger partial charge in [-0.05, 0) is 30.0 Å². The number of nitrogens with two attached hydrogens (primary N) is 1. The van der Waals surface area contributed by atoms with E-state index >= 15 is 0 Å². The number of hydrogen-bond donors (Lipinski definition) is 2. The highest BCUT2D eigenvalue weighted by Gasteiger charge is 2.19. The quantitative estimate of drug-likeness (QED) is 0.790. The Morgan fingerprint density at radius 1 is 1.47 bits per heavy atom. The maximum Gasteiger partial charge on any atom is 0.253 e. The van der Waals surface area contributed by atoms with E-state index < -0.39 is 0 Å². The Bertz CT molecular complexity index is 447. The van der Waals surface area contributed by atoms with Gasteiger partial charge in [-0.15, -0.1) is 0 Å². The van der Waals surface area contributed by atoms with E-state index in [0.29, 0.717) is 29.4 Å². The van der Waals surface area contributed by atoms with E-state index in [9.17, 15) is 4.79 Å². The van der Waals surface area contributed by atoms with Crippen LogP contribution in [0, 0.1) is 5.41 Å². The zero-order valence-electron chi connectivity index (χ0n) is 11.6. The molecule has 0 atom stereocenters. The number of nitrogens with one attached hydrogen (secondary N) is 1. The van der Waals surface area contributed by atoms with Crippen molar-refractivity contribution in [3.63, 3.8) is 0 Å². The Labute approximate surface area is 119 Å². The molecule has 0 unspecified atom stereocenters. The number of benzene rings is 1. The summed E-state index contributed by atoms with van der Waals surface area (Å²) in [5.74, 6) is -0.203. The van der Waals surface area contributed by atoms with Crippen molar-refractivity contribution in [3.8, 4) is 0 Å². The third-order valence-electron chi connectivity index (χ3n) is 2.97. The number of methoxy groups -OCH3 is 1. The normalized spacial score (nSPS) is 11.4. The van der Waals surface area contributed by atoms with Crippen LogP contribution < -0.4 is 11.1 Å². The van der Waals surface area contributed by atoms with Gasteiger partial charge in [0.15, 0.2) is 0 Å². The highest BCUT2D eigenvalue weighted by molar-refractivity contribution is 6.31. The molecule has 0 aliphatic carbocycles. The third-order valence-corrected chi connectivity index (χ3v) is 3.21. The van der Waals surface area contributed by atoms with Crippen molar-refractivity contribution in [2.24, 2.45) is 5.41 Å². The average Bonchev–Trinajstić information content (AvgIpc) is 2.36. The first-order valence-electron chi connectivity index (χ1n) is 6.18. The Morgan fingerprint density at radius 2 is 2.16 bits per heavy atom. The summed E-state index contributed by atoms with van der Waals surface area (Å²) >= 11 is 5.87. The zero-order valence-corrected chi connectivity index (χ0v) is 12.4. The van der Waals surface area contributed by atoms with Gasteiger partial charge in [0.25, 0.3) is 5.91 Å². The van der Waals surface area contributed by atoms with Crippen molar-refractivity contribution in [3.05, 3.63) is 28.8 Å². The summed E-state index contributed by atoms with van der Waals surface area (Å²) in [5.41, 5.74) is 6.58. The van der Waals surface area contributed by atoms with Crippen LogP contribution in [0.25, 0.3) is 0 Å². The lowest BCUT2D eigenvalue weighted by molar-refractivity contribution is 0.0922. The van der Waals surface area contributed by atoms with E-state index in [1.54, 1.807) is 25.3 Å². The van der Waals surface area contributed by atoms with Gasteiger partial charge in [0.2, 0.25) is 0 Å². The molecule has 1 rings (SSSR count). The van der Waals surface area contributed by atoms with Crippen LogP contribution in [0.5, 0.6) is 0 Å². The molecule has 1 amide bonds. The summed E-state index contributed by atoms with van der Waals surface area (Å²) in [7, 11) is 1.67. The lowest BCUT2D eigenvalue weighted by Gasteiger charge is -2.24.